The van der Waals surface area contributed by atoms with Gasteiger partial charge in [-0.15, -0.1) is 37.0 Å². The van der Waals surface area contributed by atoms with E-state index >= 15 is 0 Å². The molecule has 4 unspecified atom stereocenters. The van der Waals surface area contributed by atoms with Crippen molar-refractivity contribution < 1.29 is 57.0 Å². The fraction of sp³-hybridized carbons (Fsp3) is 0.920. The molecule has 0 saturated heterocycles. The molecule has 388 valence electrons. The molecule has 0 aromatic heterocycles. The van der Waals surface area contributed by atoms with E-state index in [1.165, 1.54) is 24.6 Å². The molecule has 0 heterocycles. The molecule has 0 aliphatic heterocycles. The van der Waals surface area contributed by atoms with Crippen LogP contribution in [0.2, 0.25) is 0 Å². The third kappa shape index (κ3) is 73.3. The van der Waals surface area contributed by atoms with Gasteiger partial charge in [0.05, 0.1) is 0 Å². The van der Waals surface area contributed by atoms with Crippen LogP contribution in [0.25, 0.3) is 0 Å². The number of carbonyl (C=O) groups is 1. The Morgan fingerprint density at radius 1 is 0.419 bits per heavy atom. The van der Waals surface area contributed by atoms with Crippen LogP contribution in [0.3, 0.4) is 0 Å². The molecule has 1 N–H and O–H groups in total. The van der Waals surface area contributed by atoms with Crippen LogP contribution in [0.4, 0.5) is 0 Å². The van der Waals surface area contributed by atoms with Crippen molar-refractivity contribution in [3.05, 3.63) is 13.3 Å². The van der Waals surface area contributed by atoms with Crippen LogP contribution in [-0.4, -0.2) is 59.0 Å². The Labute approximate surface area is 423 Å². The van der Waals surface area contributed by atoms with Crippen molar-refractivity contribution in [3.8, 4) is 0 Å². The molecule has 0 rings (SSSR count). The van der Waals surface area contributed by atoms with Crippen LogP contribution in [0, 0.1) is 56.6 Å². The molecule has 12 heteroatoms. The summed E-state index contributed by atoms with van der Waals surface area (Å²) in [5.41, 5.74) is 3.50. The molecule has 0 aromatic rings. The van der Waals surface area contributed by atoms with Crippen molar-refractivity contribution in [2.75, 3.05) is 30.8 Å². The molecule has 0 aliphatic carbocycles. The van der Waals surface area contributed by atoms with E-state index in [4.69, 9.17) is 19.2 Å². The van der Waals surface area contributed by atoms with Gasteiger partial charge in [-0.25, -0.2) is 0 Å². The molecular weight excluding hydrogens is 953 g/mol. The van der Waals surface area contributed by atoms with Gasteiger partial charge >= 0.3 is 22.6 Å². The summed E-state index contributed by atoms with van der Waals surface area (Å²) in [6.45, 7) is 77.7. The Bertz CT molecular complexity index is 808. The second kappa shape index (κ2) is 45.2. The SMILES string of the molecule is CC(C)(C)C(C)(C)C.CC(C)(C)C(C)(C)C.CC(C)(C)C(C)(C)C.CC(C)(C)C(C)(C)C.CC(C)(C)P(CCC=O)C(C)(C)C.O=[C-]O.PCCP.PCCP.[C-]#[O+].[C-]#[O+].[Ni].[Ni]. The summed E-state index contributed by atoms with van der Waals surface area (Å²) in [5, 5.41) is 7.48. The predicted molar refractivity (Wildman–Crippen MR) is 292 cm³/mol. The molecule has 62 heavy (non-hydrogen) atoms. The molecule has 5 nitrogen and oxygen atoms in total. The molecule has 0 fully saturated rings. The standard InChI is InChI=1S/C11H23OP.4C8H18.2C2H8P2.CHO2.2CO.2Ni/c1-10(2,3)13(9-7-8-12)11(4,5)6;4*1-7(2,3)8(4,5)6;2*3-1-2-4;2-1-3;2*1-2;;/h8H,7,9H2,1-6H3;4*1-6H3;2*1-4H2;(H,2,3);;;;/q;;;;;;;-1;;;;. The normalized spacial score (nSPS) is 11.4. The molecule has 0 radical (unpaired) electrons. The molecule has 0 aromatic carbocycles. The molecular formula is C50H112Ni2O5P5-. The Kier molecular flexibility index (Phi) is 68.4. The van der Waals surface area contributed by atoms with Crippen LogP contribution < -0.4 is 0 Å². The summed E-state index contributed by atoms with van der Waals surface area (Å²) in [6, 6.07) is 0. The summed E-state index contributed by atoms with van der Waals surface area (Å²) < 4.78 is 15.0. The van der Waals surface area contributed by atoms with Crippen LogP contribution in [0.1, 0.15) is 214 Å². The molecule has 0 aliphatic rings. The number of aliphatic hydroxyl groups excluding tert-OH is 1. The van der Waals surface area contributed by atoms with Crippen LogP contribution >= 0.6 is 44.9 Å². The van der Waals surface area contributed by atoms with E-state index in [0.717, 1.165) is 18.9 Å². The largest absolute Gasteiger partial charge is 0 e. The van der Waals surface area contributed by atoms with E-state index < -0.39 is 0 Å². The summed E-state index contributed by atoms with van der Waals surface area (Å²) >= 11 is 0. The van der Waals surface area contributed by atoms with E-state index in [1.807, 2.05) is 0 Å². The maximum atomic E-state index is 10.4. The smallest absolute Gasteiger partial charge is 0 e. The second-order valence-corrected chi connectivity index (χ2v) is 31.0. The summed E-state index contributed by atoms with van der Waals surface area (Å²) in [4.78, 5) is 18.6. The Morgan fingerprint density at radius 2 is 0.532 bits per heavy atom. The summed E-state index contributed by atoms with van der Waals surface area (Å²) in [7, 11) is 10.5. The van der Waals surface area contributed by atoms with Crippen molar-refractivity contribution >= 4 is 57.6 Å². The van der Waals surface area contributed by atoms with E-state index in [9.17, 15) is 4.79 Å². The van der Waals surface area contributed by atoms with Gasteiger partial charge in [0.2, 0.25) is 0 Å². The van der Waals surface area contributed by atoms with Crippen molar-refractivity contribution in [3.63, 3.8) is 0 Å². The van der Waals surface area contributed by atoms with E-state index in [0.29, 0.717) is 60.1 Å². The van der Waals surface area contributed by atoms with Gasteiger partial charge in [-0.1, -0.05) is 222 Å². The topological polar surface area (TPSA) is 94.2 Å². The zero-order valence-electron chi connectivity index (χ0n) is 46.8. The van der Waals surface area contributed by atoms with Crippen LogP contribution in [-0.2, 0) is 51.9 Å². The zero-order valence-corrected chi connectivity index (χ0v) is 54.3. The van der Waals surface area contributed by atoms with Crippen molar-refractivity contribution in [2.45, 2.75) is 224 Å². The van der Waals surface area contributed by atoms with Crippen molar-refractivity contribution in [1.82, 2.24) is 0 Å². The first-order chi connectivity index (χ1) is 25.9. The summed E-state index contributed by atoms with van der Waals surface area (Å²) in [5.74, 6) is 0. The Hall–Kier alpha value is 1.76. The summed E-state index contributed by atoms with van der Waals surface area (Å²) in [6.07, 6.45) is 7.64. The first-order valence-corrected chi connectivity index (χ1v) is 26.2. The number of rotatable bonds is 5. The van der Waals surface area contributed by atoms with Gasteiger partial charge in [0.15, 0.2) is 0 Å². The second-order valence-electron chi connectivity index (χ2n) is 24.7. The van der Waals surface area contributed by atoms with Gasteiger partial charge in [-0.3, -0.25) is 0 Å². The van der Waals surface area contributed by atoms with E-state index in [2.05, 4.69) is 258 Å². The maximum absolute atomic E-state index is 10.4. The van der Waals surface area contributed by atoms with Gasteiger partial charge in [0, 0.05) is 39.4 Å². The third-order valence-corrected chi connectivity index (χ3v) is 18.0. The van der Waals surface area contributed by atoms with Gasteiger partial charge in [0.1, 0.15) is 6.29 Å². The van der Waals surface area contributed by atoms with Crippen LogP contribution in [0.15, 0.2) is 0 Å². The number of carbonyl (C=O) groups excluding carboxylic acids is 1. The van der Waals surface area contributed by atoms with Gasteiger partial charge in [0.25, 0.3) is 0 Å². The minimum absolute atomic E-state index is 0. The van der Waals surface area contributed by atoms with Crippen molar-refractivity contribution in [1.29, 1.82) is 0 Å². The predicted octanol–water partition coefficient (Wildman–Crippen LogP) is 17.0. The third-order valence-electron chi connectivity index (χ3n) is 11.4. The van der Waals surface area contributed by atoms with Gasteiger partial charge in [-0.2, -0.15) is 0 Å². The molecule has 0 saturated carbocycles. The average Bonchev–Trinajstić information content (AvgIpc) is 3.00. The first kappa shape index (κ1) is 93.7. The number of hydrogen-bond donors (Lipinski definition) is 1. The molecule has 0 amide bonds. The van der Waals surface area contributed by atoms with Gasteiger partial charge in [-0.05, 0) is 84.4 Å². The quantitative estimate of drug-likeness (QED) is 0.0977. The first-order valence-electron chi connectivity index (χ1n) is 21.4. The van der Waals surface area contributed by atoms with Crippen LogP contribution in [0.5, 0.6) is 0 Å². The Morgan fingerprint density at radius 3 is 0.581 bits per heavy atom. The average molecular weight is 1070 g/mol. The minimum atomic E-state index is -0.0799. The van der Waals surface area contributed by atoms with Gasteiger partial charge < -0.3 is 14.7 Å². The minimum Gasteiger partial charge on any atom is 0 e. The maximum Gasteiger partial charge on any atom is 0 e. The number of hydrogen-bond acceptors (Lipinski definition) is 2. The van der Waals surface area contributed by atoms with E-state index in [-0.39, 0.29) is 40.9 Å². The van der Waals surface area contributed by atoms with Crippen molar-refractivity contribution in [2.24, 2.45) is 43.3 Å². The fourth-order valence-corrected chi connectivity index (χ4v) is 5.58. The Balaban J connectivity index is -0.0000000467. The fourth-order valence-electron chi connectivity index (χ4n) is 1.86. The number of aldehydes is 1. The van der Waals surface area contributed by atoms with E-state index in [1.54, 1.807) is 0 Å². The zero-order chi connectivity index (χ0) is 52.2. The molecule has 0 spiro atoms. The molecule has 4 atom stereocenters. The monoisotopic (exact) mass is 1060 g/mol. The molecule has 0 bridgehead atoms.